The number of amides is 2. The maximum atomic E-state index is 14.0. The monoisotopic (exact) mass is 440 g/mol. The maximum Gasteiger partial charge on any atom is 0.320 e. The second-order valence-corrected chi connectivity index (χ2v) is 8.26. The zero-order valence-corrected chi connectivity index (χ0v) is 17.5. The zero-order valence-electron chi connectivity index (χ0n) is 17.5. The van der Waals surface area contributed by atoms with Crippen LogP contribution in [0.1, 0.15) is 35.6 Å². The lowest BCUT2D eigenvalue weighted by molar-refractivity contribution is 0.109. The molecule has 3 N–H and O–H groups in total. The van der Waals surface area contributed by atoms with Crippen molar-refractivity contribution in [1.82, 2.24) is 15.1 Å². The van der Waals surface area contributed by atoms with E-state index in [9.17, 15) is 18.7 Å². The first-order valence-corrected chi connectivity index (χ1v) is 10.3. The molecule has 0 radical (unpaired) electrons. The summed E-state index contributed by atoms with van der Waals surface area (Å²) < 4.78 is 34.7. The molecule has 1 heterocycles. The summed E-state index contributed by atoms with van der Waals surface area (Å²) in [6, 6.07) is 9.96. The number of benzene rings is 2. The predicted octanol–water partition coefficient (Wildman–Crippen LogP) is 3.74. The summed E-state index contributed by atoms with van der Waals surface area (Å²) in [4.78, 5) is 13.0. The van der Waals surface area contributed by atoms with Crippen molar-refractivity contribution in [2.24, 2.45) is 0 Å². The summed E-state index contributed by atoms with van der Waals surface area (Å²) >= 11 is 0. The van der Waals surface area contributed by atoms with Crippen molar-refractivity contribution < 1.29 is 23.4 Å². The van der Waals surface area contributed by atoms with E-state index in [1.807, 2.05) is 30.3 Å². The van der Waals surface area contributed by atoms with Crippen molar-refractivity contribution in [2.45, 2.75) is 37.3 Å². The van der Waals surface area contributed by atoms with E-state index in [0.717, 1.165) is 17.8 Å². The third kappa shape index (κ3) is 3.03. The Balaban J connectivity index is 1.44. The Bertz CT molecular complexity index is 1210. The van der Waals surface area contributed by atoms with Crippen LogP contribution in [0.5, 0.6) is 5.88 Å². The molecule has 0 aliphatic heterocycles. The summed E-state index contributed by atoms with van der Waals surface area (Å²) in [6.07, 6.45) is 0.339. The number of para-hydroxylation sites is 1. The number of aliphatic hydroxyl groups excluding tert-OH is 1. The van der Waals surface area contributed by atoms with Gasteiger partial charge in [-0.1, -0.05) is 18.2 Å². The lowest BCUT2D eigenvalue weighted by Gasteiger charge is -2.21. The van der Waals surface area contributed by atoms with Crippen LogP contribution in [0.2, 0.25) is 0 Å². The van der Waals surface area contributed by atoms with Crippen molar-refractivity contribution >= 4 is 11.8 Å². The van der Waals surface area contributed by atoms with Gasteiger partial charge in [0.1, 0.15) is 5.82 Å². The molecule has 1 aromatic heterocycles. The molecule has 2 aliphatic rings. The van der Waals surface area contributed by atoms with Gasteiger partial charge < -0.3 is 15.2 Å². The predicted molar refractivity (Wildman–Crippen MR) is 113 cm³/mol. The molecule has 32 heavy (non-hydrogen) atoms. The molecule has 9 heteroatoms. The fraction of sp³-hybridized carbons (Fsp3) is 0.304. The molecule has 3 aromatic rings. The Labute approximate surface area is 183 Å². The van der Waals surface area contributed by atoms with Crippen molar-refractivity contribution in [3.05, 3.63) is 70.8 Å². The Morgan fingerprint density at radius 2 is 1.91 bits per heavy atom. The van der Waals surface area contributed by atoms with Gasteiger partial charge in [-0.2, -0.15) is 0 Å². The van der Waals surface area contributed by atoms with E-state index >= 15 is 0 Å². The molecular weight excluding hydrogens is 418 g/mol. The lowest BCUT2D eigenvalue weighted by atomic mass is 9.96. The number of carbonyl (C=O) groups is 1. The van der Waals surface area contributed by atoms with E-state index in [2.05, 4.69) is 15.7 Å². The Hall–Kier alpha value is -3.46. The van der Waals surface area contributed by atoms with Crippen molar-refractivity contribution in [1.29, 1.82) is 0 Å². The number of rotatable bonds is 4. The van der Waals surface area contributed by atoms with Crippen LogP contribution in [-0.4, -0.2) is 34.1 Å². The van der Waals surface area contributed by atoms with Gasteiger partial charge in [0.05, 0.1) is 30.5 Å². The Kier molecular flexibility index (Phi) is 4.67. The molecule has 0 bridgehead atoms. The van der Waals surface area contributed by atoms with Crippen LogP contribution >= 0.6 is 0 Å². The molecule has 1 spiro atoms. The number of hydrogen-bond donors (Lipinski definition) is 3. The van der Waals surface area contributed by atoms with Crippen LogP contribution < -0.4 is 15.4 Å². The fourth-order valence-corrected chi connectivity index (χ4v) is 4.61. The average Bonchev–Trinajstić information content (AvgIpc) is 3.50. The van der Waals surface area contributed by atoms with E-state index in [4.69, 9.17) is 4.74 Å². The summed E-state index contributed by atoms with van der Waals surface area (Å²) in [5, 5.41) is 20.8. The van der Waals surface area contributed by atoms with Crippen LogP contribution in [0.15, 0.2) is 42.5 Å². The number of ether oxygens (including phenoxy) is 1. The van der Waals surface area contributed by atoms with Gasteiger partial charge in [0.15, 0.2) is 11.6 Å². The number of carbonyl (C=O) groups excluding carboxylic acids is 1. The minimum atomic E-state index is -1.01. The SMILES string of the molecule is COc1nn(-c2ccccc2)c(NC(=O)NC2c3cc(F)c(F)cc3C3(CC3)[C@H]2O)c1C. The highest BCUT2D eigenvalue weighted by atomic mass is 19.2. The highest BCUT2D eigenvalue weighted by Gasteiger charge is 2.59. The van der Waals surface area contributed by atoms with Gasteiger partial charge in [-0.3, -0.25) is 5.32 Å². The quantitative estimate of drug-likeness (QED) is 0.577. The van der Waals surface area contributed by atoms with Crippen molar-refractivity contribution in [3.8, 4) is 11.6 Å². The molecule has 0 saturated heterocycles. The molecule has 2 aromatic carbocycles. The van der Waals surface area contributed by atoms with Crippen LogP contribution in [0.4, 0.5) is 19.4 Å². The molecule has 1 fully saturated rings. The number of hydrogen-bond acceptors (Lipinski definition) is 4. The molecule has 7 nitrogen and oxygen atoms in total. The van der Waals surface area contributed by atoms with E-state index in [0.29, 0.717) is 41.2 Å². The third-order valence-electron chi connectivity index (χ3n) is 6.43. The Morgan fingerprint density at radius 3 is 2.56 bits per heavy atom. The number of methoxy groups -OCH3 is 1. The summed E-state index contributed by atoms with van der Waals surface area (Å²) in [7, 11) is 1.49. The summed E-state index contributed by atoms with van der Waals surface area (Å²) in [6.45, 7) is 1.76. The normalized spacial score (nSPS) is 20.2. The highest BCUT2D eigenvalue weighted by Crippen LogP contribution is 2.60. The van der Waals surface area contributed by atoms with Crippen LogP contribution in [0.3, 0.4) is 0 Å². The van der Waals surface area contributed by atoms with Crippen molar-refractivity contribution in [2.75, 3.05) is 12.4 Å². The maximum absolute atomic E-state index is 14.0. The number of nitrogens with one attached hydrogen (secondary N) is 2. The molecule has 1 saturated carbocycles. The van der Waals surface area contributed by atoms with E-state index in [-0.39, 0.29) is 0 Å². The number of aromatic nitrogens is 2. The van der Waals surface area contributed by atoms with E-state index < -0.39 is 35.2 Å². The smallest absolute Gasteiger partial charge is 0.320 e. The molecule has 2 aliphatic carbocycles. The van der Waals surface area contributed by atoms with Crippen LogP contribution in [-0.2, 0) is 5.41 Å². The van der Waals surface area contributed by atoms with Crippen LogP contribution in [0.25, 0.3) is 5.69 Å². The second kappa shape index (κ2) is 7.30. The molecule has 5 rings (SSSR count). The van der Waals surface area contributed by atoms with Gasteiger partial charge >= 0.3 is 6.03 Å². The van der Waals surface area contributed by atoms with Gasteiger partial charge in [0, 0.05) is 5.41 Å². The molecule has 2 amide bonds. The fourth-order valence-electron chi connectivity index (χ4n) is 4.61. The second-order valence-electron chi connectivity index (χ2n) is 8.26. The third-order valence-corrected chi connectivity index (χ3v) is 6.43. The summed E-state index contributed by atoms with van der Waals surface area (Å²) in [5.41, 5.74) is 1.66. The number of nitrogens with zero attached hydrogens (tertiary/aromatic N) is 2. The number of anilines is 1. The molecular formula is C23H22F2N4O3. The standard InChI is InChI=1S/C23H22F2N4O3/c1-12-20(29(28-21(12)32-2)13-6-4-3-5-7-13)27-22(31)26-18-14-10-16(24)17(25)11-15(14)23(8-9-23)19(18)30/h3-7,10-11,18-19,30H,8-9H2,1-2H3,(H2,26,27,31)/t18?,19-/m0/s1. The van der Waals surface area contributed by atoms with E-state index in [1.54, 1.807) is 11.6 Å². The molecule has 2 atom stereocenters. The Morgan fingerprint density at radius 1 is 1.22 bits per heavy atom. The number of aliphatic hydroxyl groups is 1. The topological polar surface area (TPSA) is 88.4 Å². The van der Waals surface area contributed by atoms with Gasteiger partial charge in [0.2, 0.25) is 5.88 Å². The van der Waals surface area contributed by atoms with Crippen molar-refractivity contribution in [3.63, 3.8) is 0 Å². The van der Waals surface area contributed by atoms with E-state index in [1.165, 1.54) is 7.11 Å². The summed E-state index contributed by atoms with van der Waals surface area (Å²) in [5.74, 6) is -1.22. The lowest BCUT2D eigenvalue weighted by Crippen LogP contribution is -2.39. The van der Waals surface area contributed by atoms with Gasteiger partial charge in [0.25, 0.3) is 0 Å². The van der Waals surface area contributed by atoms with Crippen LogP contribution in [0, 0.1) is 18.6 Å². The minimum Gasteiger partial charge on any atom is -0.480 e. The average molecular weight is 440 g/mol. The van der Waals surface area contributed by atoms with Gasteiger partial charge in [-0.15, -0.1) is 5.10 Å². The van der Waals surface area contributed by atoms with Gasteiger partial charge in [-0.25, -0.2) is 18.3 Å². The molecule has 1 unspecified atom stereocenters. The number of urea groups is 1. The first-order valence-electron chi connectivity index (χ1n) is 10.3. The first kappa shape index (κ1) is 20.4. The molecule has 166 valence electrons. The number of fused-ring (bicyclic) bond motifs is 2. The van der Waals surface area contributed by atoms with Gasteiger partial charge in [-0.05, 0) is 55.2 Å². The largest absolute Gasteiger partial charge is 0.480 e. The first-order chi connectivity index (χ1) is 15.4. The highest BCUT2D eigenvalue weighted by molar-refractivity contribution is 5.90. The number of halogens is 2. The minimum absolute atomic E-state index is 0.352. The zero-order chi connectivity index (χ0) is 22.6.